The lowest BCUT2D eigenvalue weighted by Gasteiger charge is -2.43. The third-order valence-corrected chi connectivity index (χ3v) is 12.3. The summed E-state index contributed by atoms with van der Waals surface area (Å²) in [7, 11) is -10.7. The van der Waals surface area contributed by atoms with E-state index in [0.29, 0.717) is 32.1 Å². The van der Waals surface area contributed by atoms with Crippen LogP contribution in [0.1, 0.15) is 162 Å². The van der Waals surface area contributed by atoms with Crippen LogP contribution in [0.15, 0.2) is 72.9 Å². The molecule has 8 N–H and O–H groups in total. The molecule has 0 radical (unpaired) electrons. The van der Waals surface area contributed by atoms with Gasteiger partial charge in [-0.05, 0) is 77.0 Å². The Morgan fingerprint density at radius 2 is 1.04 bits per heavy atom. The summed E-state index contributed by atoms with van der Waals surface area (Å²) in [5.41, 5.74) is 0. The number of rotatable bonds is 40. The van der Waals surface area contributed by atoms with E-state index in [4.69, 9.17) is 18.5 Å². The summed E-state index contributed by atoms with van der Waals surface area (Å²) in [5, 5.41) is 51.3. The Hall–Kier alpha value is -2.60. The molecule has 17 nitrogen and oxygen atoms in total. The van der Waals surface area contributed by atoms with Gasteiger partial charge in [-0.25, -0.2) is 9.13 Å². The molecule has 1 fully saturated rings. The van der Waals surface area contributed by atoms with Crippen LogP contribution in [-0.2, 0) is 41.8 Å². The van der Waals surface area contributed by atoms with E-state index in [2.05, 4.69) is 48.8 Å². The molecule has 68 heavy (non-hydrogen) atoms. The SMILES string of the molecule is CCCCC/C=C\C/C=C\CCCCCCCCCC(=O)OC[C@H](COP(=O)(O)O[C@H]1C(O)C(O)C(O)[C@@H](OP(=O)(O)O)C1O)OC(=O)CCC/C=C\C/C=C\C=C\[C@@H](O)C/C=C\CCCCC. The van der Waals surface area contributed by atoms with Gasteiger partial charge in [0.1, 0.15) is 43.2 Å². The normalized spacial score (nSPS) is 22.3. The first kappa shape index (κ1) is 63.4. The van der Waals surface area contributed by atoms with E-state index in [-0.39, 0.29) is 12.8 Å². The molecule has 5 unspecified atom stereocenters. The lowest BCUT2D eigenvalue weighted by atomic mass is 9.85. The summed E-state index contributed by atoms with van der Waals surface area (Å²) in [5.74, 6) is -1.32. The first-order valence-electron chi connectivity index (χ1n) is 24.6. The topological polar surface area (TPSA) is 276 Å². The first-order valence-corrected chi connectivity index (χ1v) is 27.6. The molecule has 1 rings (SSSR count). The Balaban J connectivity index is 2.65. The predicted molar refractivity (Wildman–Crippen MR) is 261 cm³/mol. The highest BCUT2D eigenvalue weighted by molar-refractivity contribution is 7.47. The van der Waals surface area contributed by atoms with Gasteiger partial charge in [-0.3, -0.25) is 23.2 Å². The van der Waals surface area contributed by atoms with Crippen LogP contribution in [-0.4, -0.2) is 114 Å². The third kappa shape index (κ3) is 33.1. The molecule has 0 aliphatic heterocycles. The smallest absolute Gasteiger partial charge is 0.462 e. The van der Waals surface area contributed by atoms with Crippen molar-refractivity contribution in [2.24, 2.45) is 0 Å². The lowest BCUT2D eigenvalue weighted by Crippen LogP contribution is -2.64. The van der Waals surface area contributed by atoms with Crippen molar-refractivity contribution in [2.75, 3.05) is 13.2 Å². The largest absolute Gasteiger partial charge is 0.472 e. The Labute approximate surface area is 404 Å². The van der Waals surface area contributed by atoms with Gasteiger partial charge in [-0.1, -0.05) is 145 Å². The van der Waals surface area contributed by atoms with Crippen LogP contribution in [0.3, 0.4) is 0 Å². The molecular weight excluding hydrogens is 922 g/mol. The van der Waals surface area contributed by atoms with E-state index in [1.165, 1.54) is 32.1 Å². The van der Waals surface area contributed by atoms with Crippen molar-refractivity contribution in [3.8, 4) is 0 Å². The van der Waals surface area contributed by atoms with Gasteiger partial charge in [-0.2, -0.15) is 0 Å². The fourth-order valence-electron chi connectivity index (χ4n) is 6.96. The number of ether oxygens (including phenoxy) is 2. The van der Waals surface area contributed by atoms with Crippen molar-refractivity contribution in [2.45, 2.75) is 210 Å². The third-order valence-electron chi connectivity index (χ3n) is 10.8. The minimum atomic E-state index is -5.38. The maximum absolute atomic E-state index is 13.0. The molecule has 0 amide bonds. The Morgan fingerprint density at radius 3 is 1.63 bits per heavy atom. The van der Waals surface area contributed by atoms with Crippen LogP contribution in [0.4, 0.5) is 0 Å². The minimum Gasteiger partial charge on any atom is -0.462 e. The standard InChI is InChI=1S/C49H84O17P2/c1-3-5-7-9-11-12-13-14-15-16-17-18-19-20-24-28-32-36-42(51)62-38-41(39-63-68(60,61)66-49-46(55)44(53)45(54)48(47(49)56)65-67(57,58)59)64-43(52)37-33-29-25-22-21-23-27-31-35-40(50)34-30-26-10-8-6-4-2/h11-12,14-15,22-23,25-27,30-31,35,40-41,44-50,53-56H,3-10,13,16-21,24,28-29,32-34,36-39H2,1-2H3,(H,60,61)(H2,57,58,59)/b12-11-,15-14-,25-22-,27-23-,30-26-,35-31+/t40-,41+,44?,45?,46?,47?,48+,49-/m0/s1. The quantitative estimate of drug-likeness (QED) is 0.00938. The van der Waals surface area contributed by atoms with Gasteiger partial charge in [0.15, 0.2) is 6.10 Å². The molecule has 0 heterocycles. The van der Waals surface area contributed by atoms with Crippen molar-refractivity contribution < 1.29 is 82.0 Å². The van der Waals surface area contributed by atoms with Crippen molar-refractivity contribution in [1.29, 1.82) is 0 Å². The molecule has 0 saturated heterocycles. The number of carbonyl (C=O) groups is 2. The molecule has 1 aliphatic rings. The van der Waals surface area contributed by atoms with Gasteiger partial charge >= 0.3 is 27.6 Å². The monoisotopic (exact) mass is 1010 g/mol. The number of carbonyl (C=O) groups excluding carboxylic acids is 2. The highest BCUT2D eigenvalue weighted by Crippen LogP contribution is 2.49. The molecule has 0 aromatic carbocycles. The highest BCUT2D eigenvalue weighted by atomic mass is 31.2. The van der Waals surface area contributed by atoms with Gasteiger partial charge in [0.05, 0.1) is 12.7 Å². The Morgan fingerprint density at radius 1 is 0.544 bits per heavy atom. The van der Waals surface area contributed by atoms with Crippen molar-refractivity contribution in [3.63, 3.8) is 0 Å². The second kappa shape index (κ2) is 39.1. The van der Waals surface area contributed by atoms with E-state index in [1.807, 2.05) is 30.4 Å². The van der Waals surface area contributed by atoms with E-state index in [9.17, 15) is 58.9 Å². The van der Waals surface area contributed by atoms with Crippen LogP contribution in [0.5, 0.6) is 0 Å². The maximum atomic E-state index is 13.0. The fraction of sp³-hybridized carbons (Fsp3) is 0.714. The van der Waals surface area contributed by atoms with Crippen molar-refractivity contribution in [3.05, 3.63) is 72.9 Å². The zero-order valence-electron chi connectivity index (χ0n) is 40.4. The van der Waals surface area contributed by atoms with Gasteiger partial charge < -0.3 is 49.7 Å². The molecule has 0 spiro atoms. The number of unbranched alkanes of at least 4 members (excludes halogenated alkanes) is 14. The first-order chi connectivity index (χ1) is 32.5. The Kier molecular flexibility index (Phi) is 36.4. The highest BCUT2D eigenvalue weighted by Gasteiger charge is 2.54. The number of phosphoric ester groups is 2. The van der Waals surface area contributed by atoms with Crippen LogP contribution in [0.2, 0.25) is 0 Å². The summed E-state index contributed by atoms with van der Waals surface area (Å²) in [6.07, 6.45) is 28.8. The molecule has 1 saturated carbocycles. The molecule has 0 aromatic heterocycles. The summed E-state index contributed by atoms with van der Waals surface area (Å²) in [6.45, 7) is 2.93. The minimum absolute atomic E-state index is 0.0687. The van der Waals surface area contributed by atoms with Crippen LogP contribution < -0.4 is 0 Å². The van der Waals surface area contributed by atoms with Crippen LogP contribution >= 0.6 is 15.6 Å². The van der Waals surface area contributed by atoms with E-state index < -0.39 is 89.6 Å². The molecular formula is C49H84O17P2. The second-order valence-corrected chi connectivity index (χ2v) is 19.6. The van der Waals surface area contributed by atoms with E-state index in [0.717, 1.165) is 70.6 Å². The number of allylic oxidation sites excluding steroid dienone is 10. The summed E-state index contributed by atoms with van der Waals surface area (Å²) < 4.78 is 49.3. The maximum Gasteiger partial charge on any atom is 0.472 e. The Bertz CT molecular complexity index is 1610. The van der Waals surface area contributed by atoms with Gasteiger partial charge in [-0.15, -0.1) is 0 Å². The second-order valence-electron chi connectivity index (χ2n) is 17.0. The average molecular weight is 1010 g/mol. The number of hydrogen-bond acceptors (Lipinski definition) is 14. The summed E-state index contributed by atoms with van der Waals surface area (Å²) >= 11 is 0. The lowest BCUT2D eigenvalue weighted by molar-refractivity contribution is -0.216. The van der Waals surface area contributed by atoms with Crippen LogP contribution in [0.25, 0.3) is 0 Å². The zero-order valence-corrected chi connectivity index (χ0v) is 42.2. The van der Waals surface area contributed by atoms with Gasteiger partial charge in [0.2, 0.25) is 0 Å². The fourth-order valence-corrected chi connectivity index (χ4v) is 8.49. The molecule has 19 heteroatoms. The van der Waals surface area contributed by atoms with E-state index >= 15 is 0 Å². The number of phosphoric acid groups is 2. The molecule has 0 aromatic rings. The van der Waals surface area contributed by atoms with Crippen molar-refractivity contribution in [1.82, 2.24) is 0 Å². The number of hydrogen-bond donors (Lipinski definition) is 8. The van der Waals surface area contributed by atoms with Gasteiger partial charge in [0, 0.05) is 12.8 Å². The number of aliphatic hydroxyl groups excluding tert-OH is 5. The summed E-state index contributed by atoms with van der Waals surface area (Å²) in [6, 6.07) is 0. The number of esters is 2. The molecule has 9 atom stereocenters. The molecule has 392 valence electrons. The predicted octanol–water partition coefficient (Wildman–Crippen LogP) is 8.59. The zero-order chi connectivity index (χ0) is 50.5. The van der Waals surface area contributed by atoms with E-state index in [1.54, 1.807) is 12.2 Å². The number of aliphatic hydroxyl groups is 5. The van der Waals surface area contributed by atoms with Crippen LogP contribution in [0, 0.1) is 0 Å². The van der Waals surface area contributed by atoms with Gasteiger partial charge in [0.25, 0.3) is 0 Å². The summed E-state index contributed by atoms with van der Waals surface area (Å²) in [4.78, 5) is 54.3. The molecule has 1 aliphatic carbocycles. The average Bonchev–Trinajstić information content (AvgIpc) is 3.29. The molecule has 0 bridgehead atoms. The van der Waals surface area contributed by atoms with Crippen molar-refractivity contribution >= 4 is 27.6 Å².